The van der Waals surface area contributed by atoms with Gasteiger partial charge in [-0.05, 0) is 67.1 Å². The Morgan fingerprint density at radius 3 is 2.52 bits per heavy atom. The smallest absolute Gasteiger partial charge is 0.266 e. The zero-order valence-corrected chi connectivity index (χ0v) is 18.3. The van der Waals surface area contributed by atoms with Crippen LogP contribution in [0, 0.1) is 24.1 Å². The highest BCUT2D eigenvalue weighted by Gasteiger charge is 2.14. The van der Waals surface area contributed by atoms with Gasteiger partial charge in [-0.3, -0.25) is 9.59 Å². The molecule has 0 spiro atoms. The van der Waals surface area contributed by atoms with Crippen molar-refractivity contribution in [3.63, 3.8) is 0 Å². The number of ether oxygens (including phenoxy) is 1. The molecular weight excluding hydrogens is 445 g/mol. The predicted molar refractivity (Wildman–Crippen MR) is 125 cm³/mol. The first-order valence-corrected chi connectivity index (χ1v) is 10.2. The molecule has 0 unspecified atom stereocenters. The molecule has 3 aromatic rings. The summed E-state index contributed by atoms with van der Waals surface area (Å²) in [5, 5.41) is 15.2. The molecule has 3 rings (SSSR count). The summed E-state index contributed by atoms with van der Waals surface area (Å²) < 4.78 is 18.6. The molecule has 3 aromatic carbocycles. The van der Waals surface area contributed by atoms with Gasteiger partial charge >= 0.3 is 0 Å². The molecule has 0 aliphatic rings. The number of carbonyl (C=O) groups is 2. The highest BCUT2D eigenvalue weighted by molar-refractivity contribution is 6.30. The second-order valence-electron chi connectivity index (χ2n) is 6.96. The van der Waals surface area contributed by atoms with Gasteiger partial charge in [0.05, 0.1) is 0 Å². The van der Waals surface area contributed by atoms with Crippen LogP contribution >= 0.6 is 11.6 Å². The van der Waals surface area contributed by atoms with Crippen LogP contribution in [0.3, 0.4) is 0 Å². The molecule has 2 N–H and O–H groups in total. The van der Waals surface area contributed by atoms with Crippen molar-refractivity contribution in [2.75, 3.05) is 17.2 Å². The number of nitrogens with zero attached hydrogens (tertiary/aromatic N) is 1. The molecule has 6 nitrogen and oxygen atoms in total. The van der Waals surface area contributed by atoms with Crippen molar-refractivity contribution in [1.82, 2.24) is 0 Å². The third-order valence-electron chi connectivity index (χ3n) is 4.52. The van der Waals surface area contributed by atoms with Crippen molar-refractivity contribution in [3.05, 3.63) is 94.3 Å². The number of para-hydroxylation sites is 1. The van der Waals surface area contributed by atoms with Crippen LogP contribution in [0.15, 0.2) is 72.3 Å². The summed E-state index contributed by atoms with van der Waals surface area (Å²) in [6.45, 7) is 1.49. The van der Waals surface area contributed by atoms with E-state index in [0.29, 0.717) is 22.0 Å². The van der Waals surface area contributed by atoms with Crippen LogP contribution in [0.4, 0.5) is 15.8 Å². The van der Waals surface area contributed by atoms with Crippen LogP contribution in [-0.4, -0.2) is 18.4 Å². The van der Waals surface area contributed by atoms with Gasteiger partial charge in [-0.25, -0.2) is 4.39 Å². The Labute approximate surface area is 195 Å². The Morgan fingerprint density at radius 1 is 1.09 bits per heavy atom. The summed E-state index contributed by atoms with van der Waals surface area (Å²) in [6.07, 6.45) is 1.34. The number of nitrogens with one attached hydrogen (secondary N) is 2. The maximum absolute atomic E-state index is 13.0. The number of hydrogen-bond acceptors (Lipinski definition) is 4. The number of anilines is 2. The summed E-state index contributed by atoms with van der Waals surface area (Å²) >= 11 is 6.08. The largest absolute Gasteiger partial charge is 0.483 e. The molecule has 8 heteroatoms. The molecule has 0 aliphatic heterocycles. The normalized spacial score (nSPS) is 10.8. The van der Waals surface area contributed by atoms with E-state index in [1.807, 2.05) is 25.1 Å². The van der Waals surface area contributed by atoms with Crippen molar-refractivity contribution in [2.45, 2.75) is 6.92 Å². The average molecular weight is 464 g/mol. The number of halogens is 2. The van der Waals surface area contributed by atoms with Crippen LogP contribution in [0.25, 0.3) is 6.08 Å². The molecular formula is C25H19ClFN3O3. The number of hydrogen-bond donors (Lipinski definition) is 2. The van der Waals surface area contributed by atoms with Gasteiger partial charge in [0.1, 0.15) is 23.2 Å². The van der Waals surface area contributed by atoms with E-state index in [1.54, 1.807) is 18.2 Å². The summed E-state index contributed by atoms with van der Waals surface area (Å²) in [7, 11) is 0. The first-order chi connectivity index (χ1) is 15.9. The number of benzene rings is 3. The molecule has 0 aromatic heterocycles. The van der Waals surface area contributed by atoms with Crippen LogP contribution in [0.2, 0.25) is 5.02 Å². The van der Waals surface area contributed by atoms with E-state index in [0.717, 1.165) is 5.56 Å². The first kappa shape index (κ1) is 23.5. The second kappa shape index (κ2) is 10.9. The maximum atomic E-state index is 13.0. The maximum Gasteiger partial charge on any atom is 0.266 e. The number of nitriles is 1. The lowest BCUT2D eigenvalue weighted by atomic mass is 10.1. The lowest BCUT2D eigenvalue weighted by Crippen LogP contribution is -2.20. The number of amides is 2. The molecule has 0 radical (unpaired) electrons. The van der Waals surface area contributed by atoms with Gasteiger partial charge in [-0.2, -0.15) is 5.26 Å². The van der Waals surface area contributed by atoms with Crippen molar-refractivity contribution >= 4 is 40.9 Å². The first-order valence-electron chi connectivity index (χ1n) is 9.82. The monoisotopic (exact) mass is 463 g/mol. The highest BCUT2D eigenvalue weighted by Crippen LogP contribution is 2.26. The van der Waals surface area contributed by atoms with Crippen LogP contribution in [0.5, 0.6) is 5.75 Å². The zero-order valence-electron chi connectivity index (χ0n) is 17.6. The van der Waals surface area contributed by atoms with E-state index >= 15 is 0 Å². The topological polar surface area (TPSA) is 91.2 Å². The van der Waals surface area contributed by atoms with Crippen molar-refractivity contribution in [2.24, 2.45) is 0 Å². The Hall–Kier alpha value is -4.15. The van der Waals surface area contributed by atoms with Crippen LogP contribution in [-0.2, 0) is 9.59 Å². The molecule has 0 saturated heterocycles. The summed E-state index contributed by atoms with van der Waals surface area (Å²) in [5.74, 6) is -1.22. The van der Waals surface area contributed by atoms with E-state index < -0.39 is 17.6 Å². The van der Waals surface area contributed by atoms with Gasteiger partial charge in [0.25, 0.3) is 11.8 Å². The lowest BCUT2D eigenvalue weighted by molar-refractivity contribution is -0.118. The molecule has 2 amide bonds. The van der Waals surface area contributed by atoms with Gasteiger partial charge < -0.3 is 15.4 Å². The number of carbonyl (C=O) groups excluding carboxylic acids is 2. The molecule has 166 valence electrons. The quantitative estimate of drug-likeness (QED) is 0.365. The van der Waals surface area contributed by atoms with Crippen molar-refractivity contribution in [1.29, 1.82) is 5.26 Å². The van der Waals surface area contributed by atoms with Gasteiger partial charge in [-0.15, -0.1) is 0 Å². The molecule has 0 bridgehead atoms. The lowest BCUT2D eigenvalue weighted by Gasteiger charge is -2.11. The second-order valence-corrected chi connectivity index (χ2v) is 7.40. The molecule has 0 heterocycles. The third kappa shape index (κ3) is 6.66. The Morgan fingerprint density at radius 2 is 1.82 bits per heavy atom. The Bertz CT molecular complexity index is 1250. The molecule has 0 fully saturated rings. The minimum absolute atomic E-state index is 0.166. The minimum atomic E-state index is -0.591. The van der Waals surface area contributed by atoms with E-state index in [4.69, 9.17) is 16.3 Å². The van der Waals surface area contributed by atoms with E-state index in [9.17, 15) is 19.2 Å². The van der Waals surface area contributed by atoms with E-state index in [-0.39, 0.29) is 17.9 Å². The Balaban J connectivity index is 1.75. The summed E-state index contributed by atoms with van der Waals surface area (Å²) in [4.78, 5) is 24.8. The number of rotatable bonds is 7. The fourth-order valence-electron chi connectivity index (χ4n) is 2.84. The predicted octanol–water partition coefficient (Wildman–Crippen LogP) is 5.35. The van der Waals surface area contributed by atoms with Gasteiger partial charge in [-0.1, -0.05) is 29.8 Å². The zero-order chi connectivity index (χ0) is 23.8. The fraction of sp³-hybridized carbons (Fsp3) is 0.0800. The van der Waals surface area contributed by atoms with Crippen LogP contribution < -0.4 is 15.4 Å². The summed E-state index contributed by atoms with van der Waals surface area (Å²) in [6, 6.07) is 19.0. The molecule has 33 heavy (non-hydrogen) atoms. The molecule has 0 aliphatic carbocycles. The summed E-state index contributed by atoms with van der Waals surface area (Å²) in [5.41, 5.74) is 2.04. The SMILES string of the molecule is Cc1ccccc1NC(=O)/C(C#N)=C\c1cc(Cl)ccc1OCC(=O)Nc1ccc(F)cc1. The number of aryl methyl sites for hydroxylation is 1. The standard InChI is InChI=1S/C25H19ClFN3O3/c1-16-4-2-3-5-22(16)30-25(32)18(14-28)12-17-13-19(26)6-11-23(17)33-15-24(31)29-21-9-7-20(27)8-10-21/h2-13H,15H2,1H3,(H,29,31)(H,30,32)/b18-12-. The molecule has 0 saturated carbocycles. The molecule has 0 atom stereocenters. The van der Waals surface area contributed by atoms with E-state index in [2.05, 4.69) is 10.6 Å². The van der Waals surface area contributed by atoms with Crippen molar-refractivity contribution < 1.29 is 18.7 Å². The minimum Gasteiger partial charge on any atom is -0.483 e. The van der Waals surface area contributed by atoms with Crippen LogP contribution in [0.1, 0.15) is 11.1 Å². The third-order valence-corrected chi connectivity index (χ3v) is 4.75. The van der Waals surface area contributed by atoms with E-state index in [1.165, 1.54) is 42.5 Å². The van der Waals surface area contributed by atoms with Gasteiger partial charge in [0.2, 0.25) is 0 Å². The van der Waals surface area contributed by atoms with Crippen molar-refractivity contribution in [3.8, 4) is 11.8 Å². The Kier molecular flexibility index (Phi) is 7.79. The highest BCUT2D eigenvalue weighted by atomic mass is 35.5. The fourth-order valence-corrected chi connectivity index (χ4v) is 3.02. The average Bonchev–Trinajstić information content (AvgIpc) is 2.79. The van der Waals surface area contributed by atoms with Gasteiger partial charge in [0.15, 0.2) is 6.61 Å². The van der Waals surface area contributed by atoms with Gasteiger partial charge in [0, 0.05) is 22.0 Å².